The molecule has 6 nitrogen and oxygen atoms in total. The van der Waals surface area contributed by atoms with E-state index in [2.05, 4.69) is 43.5 Å². The molecule has 0 aliphatic carbocycles. The highest BCUT2D eigenvalue weighted by Gasteiger charge is 2.20. The molecule has 0 saturated heterocycles. The molecule has 0 rings (SSSR count). The summed E-state index contributed by atoms with van der Waals surface area (Å²) >= 11 is 0. The van der Waals surface area contributed by atoms with Crippen molar-refractivity contribution in [2.24, 2.45) is 0 Å². The van der Waals surface area contributed by atoms with Gasteiger partial charge in [-0.2, -0.15) is 0 Å². The number of hydrogen-bond donors (Lipinski definition) is 3. The molecule has 1 amide bonds. The van der Waals surface area contributed by atoms with Crippen LogP contribution in [0.15, 0.2) is 24.3 Å². The molecule has 0 heterocycles. The Bertz CT molecular complexity index is 1450. The molecule has 0 aliphatic heterocycles. The Hall–Kier alpha value is -1.66. The Morgan fingerprint density at radius 2 is 0.511 bits per heavy atom. The summed E-state index contributed by atoms with van der Waals surface area (Å²) in [6, 6.07) is -0.540. The Morgan fingerprint density at radius 1 is 0.293 bits per heavy atom. The molecule has 0 saturated carbocycles. The predicted octanol–water partition coefficient (Wildman–Crippen LogP) is 28.4. The topological polar surface area (TPSA) is 95.9 Å². The van der Waals surface area contributed by atoms with Crippen molar-refractivity contribution in [3.05, 3.63) is 24.3 Å². The van der Waals surface area contributed by atoms with Crippen molar-refractivity contribution in [3.63, 3.8) is 0 Å². The number of aliphatic hydroxyl groups excluding tert-OH is 2. The lowest BCUT2D eigenvalue weighted by atomic mass is 10.0. The van der Waals surface area contributed by atoms with E-state index in [0.717, 1.165) is 44.9 Å². The number of allylic oxidation sites excluding steroid dienone is 4. The van der Waals surface area contributed by atoms with Gasteiger partial charge in [0, 0.05) is 12.8 Å². The van der Waals surface area contributed by atoms with Crippen LogP contribution in [0.3, 0.4) is 0 Å². The molecule has 2 atom stereocenters. The average molecular weight is 1300 g/mol. The molecule has 2 unspecified atom stereocenters. The number of esters is 1. The van der Waals surface area contributed by atoms with E-state index in [1.54, 1.807) is 0 Å². The van der Waals surface area contributed by atoms with Crippen molar-refractivity contribution < 1.29 is 24.5 Å². The second-order valence-electron chi connectivity index (χ2n) is 29.5. The van der Waals surface area contributed by atoms with Gasteiger partial charge in [-0.1, -0.05) is 423 Å². The molecule has 92 heavy (non-hydrogen) atoms. The van der Waals surface area contributed by atoms with Gasteiger partial charge in [-0.25, -0.2) is 0 Å². The van der Waals surface area contributed by atoms with Crippen LogP contribution in [-0.4, -0.2) is 47.4 Å². The normalized spacial score (nSPS) is 12.5. The predicted molar refractivity (Wildman–Crippen MR) is 407 cm³/mol. The maximum absolute atomic E-state index is 12.6. The number of aliphatic hydroxyl groups is 2. The summed E-state index contributed by atoms with van der Waals surface area (Å²) in [4.78, 5) is 24.7. The van der Waals surface area contributed by atoms with E-state index in [1.165, 1.54) is 411 Å². The van der Waals surface area contributed by atoms with Gasteiger partial charge in [0.15, 0.2) is 0 Å². The second kappa shape index (κ2) is 81.8. The Kier molecular flexibility index (Phi) is 80.3. The van der Waals surface area contributed by atoms with Crippen molar-refractivity contribution in [2.75, 3.05) is 13.2 Å². The first-order chi connectivity index (χ1) is 45.5. The van der Waals surface area contributed by atoms with Gasteiger partial charge in [0.2, 0.25) is 5.91 Å². The van der Waals surface area contributed by atoms with Crippen molar-refractivity contribution in [1.29, 1.82) is 0 Å². The first kappa shape index (κ1) is 90.3. The number of hydrogen-bond acceptors (Lipinski definition) is 5. The number of amides is 1. The number of carbonyl (C=O) groups excluding carboxylic acids is 2. The number of unbranched alkanes of at least 4 members (excludes halogenated alkanes) is 66. The van der Waals surface area contributed by atoms with Crippen LogP contribution in [0.1, 0.15) is 489 Å². The maximum atomic E-state index is 12.6. The molecule has 0 aromatic carbocycles. The largest absolute Gasteiger partial charge is 0.466 e. The molecule has 0 fully saturated rings. The molecule has 6 heteroatoms. The molecule has 0 aliphatic rings. The fraction of sp³-hybridized carbons (Fsp3) is 0.930. The van der Waals surface area contributed by atoms with Crippen LogP contribution < -0.4 is 5.32 Å². The third-order valence-electron chi connectivity index (χ3n) is 20.2. The summed E-state index contributed by atoms with van der Waals surface area (Å²) in [6.07, 6.45) is 106. The highest BCUT2D eigenvalue weighted by atomic mass is 16.5. The molecule has 546 valence electrons. The lowest BCUT2D eigenvalue weighted by Crippen LogP contribution is -2.45. The second-order valence-corrected chi connectivity index (χ2v) is 29.5. The molecule has 0 bridgehead atoms. The van der Waals surface area contributed by atoms with Gasteiger partial charge in [0.05, 0.1) is 25.4 Å². The summed E-state index contributed by atoms with van der Waals surface area (Å²) in [7, 11) is 0. The summed E-state index contributed by atoms with van der Waals surface area (Å²) < 4.78 is 5.51. The van der Waals surface area contributed by atoms with Gasteiger partial charge in [0.1, 0.15) is 0 Å². The van der Waals surface area contributed by atoms with Crippen LogP contribution in [0.2, 0.25) is 0 Å². The minimum atomic E-state index is -0.663. The number of nitrogens with one attached hydrogen (secondary N) is 1. The fourth-order valence-corrected chi connectivity index (χ4v) is 13.8. The lowest BCUT2D eigenvalue weighted by molar-refractivity contribution is -0.143. The van der Waals surface area contributed by atoms with E-state index in [4.69, 9.17) is 4.74 Å². The quantitative estimate of drug-likeness (QED) is 0.0320. The van der Waals surface area contributed by atoms with Gasteiger partial charge in [0.25, 0.3) is 0 Å². The zero-order valence-electron chi connectivity index (χ0n) is 62.8. The molecule has 0 aromatic heterocycles. The molecular formula is C86H167NO5. The van der Waals surface area contributed by atoms with Gasteiger partial charge >= 0.3 is 5.97 Å². The Morgan fingerprint density at radius 3 is 0.772 bits per heavy atom. The zero-order valence-corrected chi connectivity index (χ0v) is 62.8. The van der Waals surface area contributed by atoms with E-state index >= 15 is 0 Å². The van der Waals surface area contributed by atoms with Crippen LogP contribution in [0.4, 0.5) is 0 Å². The highest BCUT2D eigenvalue weighted by Crippen LogP contribution is 2.21. The van der Waals surface area contributed by atoms with E-state index in [-0.39, 0.29) is 18.5 Å². The molecular weight excluding hydrogens is 1130 g/mol. The van der Waals surface area contributed by atoms with Gasteiger partial charge < -0.3 is 20.3 Å². The number of rotatable bonds is 81. The fourth-order valence-electron chi connectivity index (χ4n) is 13.8. The zero-order chi connectivity index (χ0) is 66.3. The molecule has 0 radical (unpaired) electrons. The van der Waals surface area contributed by atoms with Crippen LogP contribution in [-0.2, 0) is 14.3 Å². The SMILES string of the molecule is CCCCCCCC/C=C\CCCCCCCCCC(=O)OCCCCCCCCCCCCCCCC/C=C\CCCCCCCCCCCCCCCCCCCC(=O)NC(CO)C(O)CCCCCCCCCCCCCCCCCCCCCCCCC. The first-order valence-corrected chi connectivity index (χ1v) is 42.6. The molecule has 0 spiro atoms. The van der Waals surface area contributed by atoms with E-state index in [1.807, 2.05) is 0 Å². The monoisotopic (exact) mass is 1290 g/mol. The van der Waals surface area contributed by atoms with Crippen molar-refractivity contribution in [1.82, 2.24) is 5.32 Å². The van der Waals surface area contributed by atoms with E-state index < -0.39 is 12.1 Å². The van der Waals surface area contributed by atoms with Crippen molar-refractivity contribution in [2.45, 2.75) is 501 Å². The van der Waals surface area contributed by atoms with Gasteiger partial charge in [-0.05, 0) is 77.0 Å². The summed E-state index contributed by atoms with van der Waals surface area (Å²) in [5.74, 6) is -0.00726. The van der Waals surface area contributed by atoms with Gasteiger partial charge in [-0.3, -0.25) is 9.59 Å². The highest BCUT2D eigenvalue weighted by molar-refractivity contribution is 5.76. The third-order valence-corrected chi connectivity index (χ3v) is 20.2. The minimum absolute atomic E-state index is 0.0181. The van der Waals surface area contributed by atoms with Crippen LogP contribution in [0, 0.1) is 0 Å². The van der Waals surface area contributed by atoms with Crippen molar-refractivity contribution in [3.8, 4) is 0 Å². The standard InChI is InChI=1S/C86H167NO5/c1-3-5-7-9-11-13-15-17-19-21-22-23-37-40-43-47-50-54-58-62-66-70-74-78-84(89)83(82-88)87-85(90)79-75-71-67-63-59-55-51-48-44-41-38-35-33-31-29-27-25-24-26-28-30-32-34-36-39-42-45-49-53-57-61-65-69-73-77-81-92-86(91)80-76-72-68-64-60-56-52-46-20-18-16-14-12-10-8-6-4-2/h18,20,26,28,83-84,88-89H,3-17,19,21-25,27,29-82H2,1-2H3,(H,87,90)/b20-18-,28-26-. The summed E-state index contributed by atoms with van der Waals surface area (Å²) in [5.41, 5.74) is 0. The van der Waals surface area contributed by atoms with E-state index in [0.29, 0.717) is 25.9 Å². The summed E-state index contributed by atoms with van der Waals surface area (Å²) in [6.45, 7) is 5.01. The van der Waals surface area contributed by atoms with Gasteiger partial charge in [-0.15, -0.1) is 0 Å². The Labute approximate surface area is 577 Å². The maximum Gasteiger partial charge on any atom is 0.305 e. The average Bonchev–Trinajstić information content (AvgIpc) is 3.62. The van der Waals surface area contributed by atoms with Crippen LogP contribution >= 0.6 is 0 Å². The molecule has 3 N–H and O–H groups in total. The minimum Gasteiger partial charge on any atom is -0.466 e. The smallest absolute Gasteiger partial charge is 0.305 e. The molecule has 0 aromatic rings. The number of ether oxygens (including phenoxy) is 1. The summed E-state index contributed by atoms with van der Waals surface area (Å²) in [5, 5.41) is 23.5. The number of carbonyl (C=O) groups is 2. The lowest BCUT2D eigenvalue weighted by Gasteiger charge is -2.22. The van der Waals surface area contributed by atoms with E-state index in [9.17, 15) is 19.8 Å². The Balaban J connectivity index is 3.34. The first-order valence-electron chi connectivity index (χ1n) is 42.6. The van der Waals surface area contributed by atoms with Crippen molar-refractivity contribution >= 4 is 11.9 Å². The third kappa shape index (κ3) is 77.3. The van der Waals surface area contributed by atoms with Crippen LogP contribution in [0.25, 0.3) is 0 Å². The van der Waals surface area contributed by atoms with Crippen LogP contribution in [0.5, 0.6) is 0 Å².